The highest BCUT2D eigenvalue weighted by Gasteiger charge is 2.40. The number of allylic oxidation sites excluding steroid dienone is 1. The van der Waals surface area contributed by atoms with Gasteiger partial charge in [0.25, 0.3) is 0 Å². The van der Waals surface area contributed by atoms with Crippen LogP contribution in [0, 0.1) is 5.92 Å². The summed E-state index contributed by atoms with van der Waals surface area (Å²) in [6.07, 6.45) is 1.02. The summed E-state index contributed by atoms with van der Waals surface area (Å²) in [6, 6.07) is 37.2. The highest BCUT2D eigenvalue weighted by Crippen LogP contribution is 2.52. The molecule has 6 rings (SSSR count). The van der Waals surface area contributed by atoms with E-state index in [4.69, 9.17) is 0 Å². The number of nitrogens with one attached hydrogen (secondary N) is 1. The van der Waals surface area contributed by atoms with Gasteiger partial charge in [0.05, 0.1) is 0 Å². The van der Waals surface area contributed by atoms with E-state index in [0.717, 1.165) is 6.42 Å². The highest BCUT2D eigenvalue weighted by molar-refractivity contribution is 9.10. The van der Waals surface area contributed by atoms with E-state index in [1.54, 1.807) is 0 Å². The summed E-state index contributed by atoms with van der Waals surface area (Å²) < 4.78 is 1.18. The van der Waals surface area contributed by atoms with Crippen molar-refractivity contribution in [3.8, 4) is 0 Å². The van der Waals surface area contributed by atoms with Crippen LogP contribution >= 0.6 is 15.9 Å². The van der Waals surface area contributed by atoms with Crippen molar-refractivity contribution >= 4 is 27.2 Å². The SMILES string of the molecule is Brc1ccccc1C1c2ccccc2C(c2ccccc2)=C2Nc3ccccc3CC21. The molecule has 1 heterocycles. The smallest absolute Gasteiger partial charge is 0.0414 e. The molecule has 0 spiro atoms. The standard InChI is InChI=1S/C29H22BrN/c30-25-16-8-7-15-23(25)28-22-14-6-5-13-21(22)27(19-10-2-1-3-11-19)29-24(28)18-20-12-4-9-17-26(20)31-29/h1-17,24,28,31H,18H2. The summed E-state index contributed by atoms with van der Waals surface area (Å²) in [7, 11) is 0. The van der Waals surface area contributed by atoms with Crippen molar-refractivity contribution in [2.45, 2.75) is 12.3 Å². The minimum atomic E-state index is 0.287. The van der Waals surface area contributed by atoms with Crippen molar-refractivity contribution in [1.29, 1.82) is 0 Å². The van der Waals surface area contributed by atoms with Gasteiger partial charge in [-0.25, -0.2) is 0 Å². The summed E-state index contributed by atoms with van der Waals surface area (Å²) in [5, 5.41) is 3.87. The number of para-hydroxylation sites is 1. The van der Waals surface area contributed by atoms with E-state index in [9.17, 15) is 0 Å². The summed E-state index contributed by atoms with van der Waals surface area (Å²) in [4.78, 5) is 0. The Balaban J connectivity index is 1.66. The Labute approximate surface area is 191 Å². The first kappa shape index (κ1) is 18.7. The van der Waals surface area contributed by atoms with Gasteiger partial charge >= 0.3 is 0 Å². The average molecular weight is 464 g/mol. The van der Waals surface area contributed by atoms with Crippen LogP contribution in [0.4, 0.5) is 5.69 Å². The lowest BCUT2D eigenvalue weighted by Gasteiger charge is -2.42. The quantitative estimate of drug-likeness (QED) is 0.322. The van der Waals surface area contributed by atoms with Crippen molar-refractivity contribution in [1.82, 2.24) is 0 Å². The maximum absolute atomic E-state index is 3.87. The van der Waals surface area contributed by atoms with Crippen LogP contribution in [-0.4, -0.2) is 0 Å². The summed E-state index contributed by atoms with van der Waals surface area (Å²) in [6.45, 7) is 0. The predicted octanol–water partition coefficient (Wildman–Crippen LogP) is 7.64. The topological polar surface area (TPSA) is 12.0 Å². The number of fused-ring (bicyclic) bond motifs is 3. The third-order valence-corrected chi connectivity index (χ3v) is 7.36. The summed E-state index contributed by atoms with van der Waals surface area (Å²) in [5.41, 5.74) is 10.6. The second kappa shape index (κ2) is 7.55. The van der Waals surface area contributed by atoms with Crippen LogP contribution in [0.2, 0.25) is 0 Å². The second-order valence-corrected chi connectivity index (χ2v) is 9.19. The van der Waals surface area contributed by atoms with E-state index in [0.29, 0.717) is 5.92 Å². The zero-order valence-electron chi connectivity index (χ0n) is 17.1. The fourth-order valence-corrected chi connectivity index (χ4v) is 5.85. The molecule has 1 nitrogen and oxygen atoms in total. The summed E-state index contributed by atoms with van der Waals surface area (Å²) in [5.74, 6) is 0.633. The van der Waals surface area contributed by atoms with E-state index in [1.165, 1.54) is 49.2 Å². The molecular weight excluding hydrogens is 442 g/mol. The van der Waals surface area contributed by atoms with Gasteiger partial charge in [-0.1, -0.05) is 107 Å². The van der Waals surface area contributed by atoms with Gasteiger partial charge in [-0.05, 0) is 46.4 Å². The van der Waals surface area contributed by atoms with E-state index in [2.05, 4.69) is 124 Å². The molecule has 1 aliphatic carbocycles. The highest BCUT2D eigenvalue weighted by atomic mass is 79.9. The average Bonchev–Trinajstić information content (AvgIpc) is 2.82. The van der Waals surface area contributed by atoms with Crippen molar-refractivity contribution in [3.05, 3.63) is 141 Å². The van der Waals surface area contributed by atoms with Gasteiger partial charge in [0.15, 0.2) is 0 Å². The lowest BCUT2D eigenvalue weighted by Crippen LogP contribution is -2.32. The van der Waals surface area contributed by atoms with Crippen LogP contribution in [0.3, 0.4) is 0 Å². The fraction of sp³-hybridized carbons (Fsp3) is 0.103. The normalized spacial score (nSPS) is 19.1. The zero-order chi connectivity index (χ0) is 20.8. The van der Waals surface area contributed by atoms with Gasteiger partial charge in [0.1, 0.15) is 0 Å². The van der Waals surface area contributed by atoms with Crippen LogP contribution in [0.15, 0.2) is 113 Å². The third kappa shape index (κ3) is 3.05. The molecule has 2 aliphatic rings. The van der Waals surface area contributed by atoms with Crippen LogP contribution in [0.1, 0.15) is 33.7 Å². The molecule has 0 amide bonds. The Kier molecular flexibility index (Phi) is 4.54. The number of anilines is 1. The third-order valence-electron chi connectivity index (χ3n) is 6.64. The van der Waals surface area contributed by atoms with Gasteiger partial charge in [-0.3, -0.25) is 0 Å². The van der Waals surface area contributed by atoms with Crippen molar-refractivity contribution in [2.24, 2.45) is 5.92 Å². The zero-order valence-corrected chi connectivity index (χ0v) is 18.6. The van der Waals surface area contributed by atoms with Crippen LogP contribution in [0.5, 0.6) is 0 Å². The monoisotopic (exact) mass is 463 g/mol. The van der Waals surface area contributed by atoms with E-state index in [1.807, 2.05) is 0 Å². The lowest BCUT2D eigenvalue weighted by atomic mass is 9.67. The van der Waals surface area contributed by atoms with Gasteiger partial charge in [-0.2, -0.15) is 0 Å². The Bertz CT molecular complexity index is 1310. The minimum absolute atomic E-state index is 0.287. The Hall–Kier alpha value is -3.10. The number of halogens is 1. The Morgan fingerprint density at radius 2 is 1.35 bits per heavy atom. The molecule has 4 aromatic carbocycles. The van der Waals surface area contributed by atoms with E-state index < -0.39 is 0 Å². The van der Waals surface area contributed by atoms with Crippen molar-refractivity contribution < 1.29 is 0 Å². The van der Waals surface area contributed by atoms with Gasteiger partial charge < -0.3 is 5.32 Å². The molecule has 0 radical (unpaired) electrons. The summed E-state index contributed by atoms with van der Waals surface area (Å²) >= 11 is 3.86. The van der Waals surface area contributed by atoms with Crippen molar-refractivity contribution in [2.75, 3.05) is 5.32 Å². The number of benzene rings is 4. The minimum Gasteiger partial charge on any atom is -0.358 e. The Morgan fingerprint density at radius 3 is 2.19 bits per heavy atom. The van der Waals surface area contributed by atoms with E-state index in [-0.39, 0.29) is 5.92 Å². The van der Waals surface area contributed by atoms with Crippen LogP contribution in [0.25, 0.3) is 5.57 Å². The largest absolute Gasteiger partial charge is 0.358 e. The molecule has 4 aromatic rings. The molecule has 2 heteroatoms. The Morgan fingerprint density at radius 1 is 0.677 bits per heavy atom. The molecule has 0 fully saturated rings. The molecule has 150 valence electrons. The van der Waals surface area contributed by atoms with Gasteiger partial charge in [0.2, 0.25) is 0 Å². The molecule has 0 saturated heterocycles. The van der Waals surface area contributed by atoms with Gasteiger partial charge in [0, 0.05) is 33.3 Å². The molecule has 0 saturated carbocycles. The lowest BCUT2D eigenvalue weighted by molar-refractivity contribution is 0.521. The maximum atomic E-state index is 3.87. The first-order valence-corrected chi connectivity index (χ1v) is 11.6. The number of hydrogen-bond acceptors (Lipinski definition) is 1. The molecule has 1 N–H and O–H groups in total. The number of rotatable bonds is 2. The van der Waals surface area contributed by atoms with E-state index >= 15 is 0 Å². The fourth-order valence-electron chi connectivity index (χ4n) is 5.31. The van der Waals surface area contributed by atoms with Crippen molar-refractivity contribution in [3.63, 3.8) is 0 Å². The molecular formula is C29H22BrN. The second-order valence-electron chi connectivity index (χ2n) is 8.33. The number of hydrogen-bond donors (Lipinski definition) is 1. The molecule has 0 aromatic heterocycles. The molecule has 2 unspecified atom stereocenters. The van der Waals surface area contributed by atoms with Crippen LogP contribution in [-0.2, 0) is 6.42 Å². The van der Waals surface area contributed by atoms with Crippen LogP contribution < -0.4 is 5.32 Å². The molecule has 31 heavy (non-hydrogen) atoms. The van der Waals surface area contributed by atoms with Gasteiger partial charge in [-0.15, -0.1) is 0 Å². The first-order valence-electron chi connectivity index (χ1n) is 10.8. The molecule has 2 atom stereocenters. The molecule has 1 aliphatic heterocycles. The maximum Gasteiger partial charge on any atom is 0.0414 e. The predicted molar refractivity (Wildman–Crippen MR) is 132 cm³/mol. The molecule has 0 bridgehead atoms. The first-order chi connectivity index (χ1) is 15.3.